The number of amides is 1. The van der Waals surface area contributed by atoms with Gasteiger partial charge in [-0.05, 0) is 51.5 Å². The van der Waals surface area contributed by atoms with Gasteiger partial charge in [0.05, 0.1) is 23.6 Å². The first-order valence-electron chi connectivity index (χ1n) is 11.0. The molecule has 2 heterocycles. The number of fused-ring (bicyclic) bond motifs is 1. The second-order valence-corrected chi connectivity index (χ2v) is 8.98. The van der Waals surface area contributed by atoms with Crippen LogP contribution in [-0.2, 0) is 19.1 Å². The molecule has 5 nitrogen and oxygen atoms in total. The highest BCUT2D eigenvalue weighted by molar-refractivity contribution is 6.11. The predicted octanol–water partition coefficient (Wildman–Crippen LogP) is 4.18. The Kier molecular flexibility index (Phi) is 5.96. The third-order valence-electron chi connectivity index (χ3n) is 6.40. The molecule has 162 valence electrons. The quantitative estimate of drug-likeness (QED) is 0.654. The van der Waals surface area contributed by atoms with Gasteiger partial charge in [0, 0.05) is 18.7 Å². The van der Waals surface area contributed by atoms with Gasteiger partial charge in [-0.15, -0.1) is 0 Å². The molecule has 2 aliphatic heterocycles. The van der Waals surface area contributed by atoms with Gasteiger partial charge in [-0.25, -0.2) is 4.39 Å². The van der Waals surface area contributed by atoms with E-state index in [4.69, 9.17) is 9.47 Å². The molecule has 0 saturated heterocycles. The molecule has 30 heavy (non-hydrogen) atoms. The van der Waals surface area contributed by atoms with Gasteiger partial charge in [-0.3, -0.25) is 9.59 Å². The Morgan fingerprint density at radius 1 is 1.23 bits per heavy atom. The average Bonchev–Trinajstić information content (AvgIpc) is 2.98. The second-order valence-electron chi connectivity index (χ2n) is 8.98. The fraction of sp³-hybridized carbons (Fsp3) is 0.583. The Labute approximate surface area is 177 Å². The largest absolute Gasteiger partial charge is 0.483 e. The lowest BCUT2D eigenvalue weighted by molar-refractivity contribution is -0.136. The molecule has 1 saturated carbocycles. The fourth-order valence-corrected chi connectivity index (χ4v) is 4.93. The lowest BCUT2D eigenvalue weighted by Crippen LogP contribution is -2.41. The molecule has 0 aromatic heterocycles. The van der Waals surface area contributed by atoms with Crippen LogP contribution >= 0.6 is 0 Å². The number of benzene rings is 1. The van der Waals surface area contributed by atoms with Crippen LogP contribution in [0.2, 0.25) is 0 Å². The summed E-state index contributed by atoms with van der Waals surface area (Å²) in [4.78, 5) is 28.4. The van der Waals surface area contributed by atoms with Crippen LogP contribution in [0.4, 0.5) is 4.39 Å². The molecule has 0 N–H and O–H groups in total. The van der Waals surface area contributed by atoms with Gasteiger partial charge in [0.1, 0.15) is 11.9 Å². The van der Waals surface area contributed by atoms with Gasteiger partial charge in [-0.2, -0.15) is 0 Å². The minimum absolute atomic E-state index is 0.0460. The molecule has 6 heteroatoms. The Hall–Kier alpha value is -2.21. The first kappa shape index (κ1) is 21.0. The highest BCUT2D eigenvalue weighted by Crippen LogP contribution is 2.47. The summed E-state index contributed by atoms with van der Waals surface area (Å²) >= 11 is 0. The summed E-state index contributed by atoms with van der Waals surface area (Å²) < 4.78 is 26.5. The number of Topliss-reactive ketones (excluding diaryl/α,β-unsaturated/α-hetero) is 1. The normalized spacial score (nSPS) is 28.6. The van der Waals surface area contributed by atoms with E-state index in [1.807, 2.05) is 13.8 Å². The zero-order chi connectivity index (χ0) is 21.4. The summed E-state index contributed by atoms with van der Waals surface area (Å²) in [6.07, 6.45) is 2.96. The average molecular weight is 416 g/mol. The zero-order valence-corrected chi connectivity index (χ0v) is 17.9. The number of ketones is 1. The fourth-order valence-electron chi connectivity index (χ4n) is 4.93. The van der Waals surface area contributed by atoms with E-state index in [9.17, 15) is 14.0 Å². The molecule has 4 rings (SSSR count). The number of ether oxygens (including phenoxy) is 2. The number of carbonyl (C=O) groups is 2. The molecule has 4 atom stereocenters. The van der Waals surface area contributed by atoms with Crippen LogP contribution in [0.25, 0.3) is 0 Å². The number of nitrogens with zero attached hydrogens (tertiary/aromatic N) is 1. The van der Waals surface area contributed by atoms with Crippen molar-refractivity contribution in [2.24, 2.45) is 11.8 Å². The number of rotatable bonds is 6. The summed E-state index contributed by atoms with van der Waals surface area (Å²) in [7, 11) is 0. The molecule has 1 aliphatic carbocycles. The molecular formula is C24H30FNO4. The van der Waals surface area contributed by atoms with Crippen molar-refractivity contribution in [1.82, 2.24) is 4.90 Å². The van der Waals surface area contributed by atoms with Crippen molar-refractivity contribution >= 4 is 11.7 Å². The third kappa shape index (κ3) is 3.78. The van der Waals surface area contributed by atoms with E-state index < -0.39 is 11.9 Å². The van der Waals surface area contributed by atoms with E-state index in [1.54, 1.807) is 23.1 Å². The van der Waals surface area contributed by atoms with Crippen molar-refractivity contribution in [2.45, 2.75) is 64.7 Å². The molecule has 3 aliphatic rings. The van der Waals surface area contributed by atoms with E-state index in [0.29, 0.717) is 36.6 Å². The van der Waals surface area contributed by atoms with Gasteiger partial charge in [-0.1, -0.05) is 25.1 Å². The van der Waals surface area contributed by atoms with E-state index in [-0.39, 0.29) is 35.6 Å². The highest BCUT2D eigenvalue weighted by Gasteiger charge is 2.52. The highest BCUT2D eigenvalue weighted by atomic mass is 19.1. The Morgan fingerprint density at radius 2 is 2.00 bits per heavy atom. The molecule has 1 aromatic carbocycles. The van der Waals surface area contributed by atoms with E-state index in [1.165, 1.54) is 6.07 Å². The molecule has 1 amide bonds. The molecule has 0 bridgehead atoms. The summed E-state index contributed by atoms with van der Waals surface area (Å²) in [6.45, 7) is 6.92. The SMILES string of the molecule is CC1CCC2OC3=C(C(=O)C2C1)C(c1ccccc1F)N(CCCOC(C)C)C3=O. The molecule has 4 unspecified atom stereocenters. The van der Waals surface area contributed by atoms with Gasteiger partial charge in [0.15, 0.2) is 11.5 Å². The van der Waals surface area contributed by atoms with Gasteiger partial charge < -0.3 is 14.4 Å². The lowest BCUT2D eigenvalue weighted by atomic mass is 9.74. The van der Waals surface area contributed by atoms with Gasteiger partial charge >= 0.3 is 0 Å². The molecule has 1 aromatic rings. The molecule has 0 spiro atoms. The van der Waals surface area contributed by atoms with Crippen molar-refractivity contribution in [3.8, 4) is 0 Å². The monoisotopic (exact) mass is 415 g/mol. The van der Waals surface area contributed by atoms with Crippen LogP contribution < -0.4 is 0 Å². The summed E-state index contributed by atoms with van der Waals surface area (Å²) in [6, 6.07) is 5.64. The van der Waals surface area contributed by atoms with Gasteiger partial charge in [0.25, 0.3) is 5.91 Å². The van der Waals surface area contributed by atoms with Gasteiger partial charge in [0.2, 0.25) is 0 Å². The minimum Gasteiger partial charge on any atom is -0.483 e. The first-order chi connectivity index (χ1) is 14.4. The van der Waals surface area contributed by atoms with E-state index in [0.717, 1.165) is 19.3 Å². The zero-order valence-electron chi connectivity index (χ0n) is 17.9. The number of hydrogen-bond acceptors (Lipinski definition) is 4. The van der Waals surface area contributed by atoms with Crippen LogP contribution in [0.3, 0.4) is 0 Å². The maximum absolute atomic E-state index is 14.8. The van der Waals surface area contributed by atoms with E-state index in [2.05, 4.69) is 6.92 Å². The van der Waals surface area contributed by atoms with E-state index >= 15 is 0 Å². The Bertz CT molecular complexity index is 865. The lowest BCUT2D eigenvalue weighted by Gasteiger charge is -2.37. The van der Waals surface area contributed by atoms with Crippen LogP contribution in [-0.4, -0.2) is 41.9 Å². The van der Waals surface area contributed by atoms with Crippen molar-refractivity contribution < 1.29 is 23.5 Å². The number of carbonyl (C=O) groups excluding carboxylic acids is 2. The summed E-state index contributed by atoms with van der Waals surface area (Å²) in [5.41, 5.74) is 0.685. The standard InChI is InChI=1S/C24H30FNO4/c1-14(2)29-12-6-11-26-21(16-7-4-5-8-18(16)25)20-22(27)17-13-15(3)9-10-19(17)30-23(20)24(26)28/h4-5,7-8,14-15,17,19,21H,6,9-13H2,1-3H3. The maximum atomic E-state index is 14.8. The number of halogens is 1. The first-order valence-corrected chi connectivity index (χ1v) is 11.0. The second kappa shape index (κ2) is 8.50. The molecule has 0 radical (unpaired) electrons. The molecular weight excluding hydrogens is 385 g/mol. The maximum Gasteiger partial charge on any atom is 0.290 e. The third-order valence-corrected chi connectivity index (χ3v) is 6.40. The van der Waals surface area contributed by atoms with Crippen molar-refractivity contribution in [1.29, 1.82) is 0 Å². The number of hydrogen-bond donors (Lipinski definition) is 0. The van der Waals surface area contributed by atoms with Crippen LogP contribution in [0.5, 0.6) is 0 Å². The Balaban J connectivity index is 1.67. The topological polar surface area (TPSA) is 55.8 Å². The van der Waals surface area contributed by atoms with Crippen LogP contribution in [0, 0.1) is 17.7 Å². The Morgan fingerprint density at radius 3 is 2.73 bits per heavy atom. The summed E-state index contributed by atoms with van der Waals surface area (Å²) in [5.74, 6) is -0.454. The smallest absolute Gasteiger partial charge is 0.290 e. The minimum atomic E-state index is -0.738. The van der Waals surface area contributed by atoms with Crippen LogP contribution in [0.15, 0.2) is 35.6 Å². The summed E-state index contributed by atoms with van der Waals surface area (Å²) in [5, 5.41) is 0. The van der Waals surface area contributed by atoms with Crippen LogP contribution in [0.1, 0.15) is 58.1 Å². The molecule has 1 fully saturated rings. The predicted molar refractivity (Wildman–Crippen MR) is 110 cm³/mol. The van der Waals surface area contributed by atoms with Crippen molar-refractivity contribution in [3.63, 3.8) is 0 Å². The van der Waals surface area contributed by atoms with Crippen molar-refractivity contribution in [3.05, 3.63) is 47.0 Å². The van der Waals surface area contributed by atoms with Crippen molar-refractivity contribution in [2.75, 3.05) is 13.2 Å².